The van der Waals surface area contributed by atoms with Gasteiger partial charge < -0.3 is 25.4 Å². The molecule has 2 aromatic carbocycles. The van der Waals surface area contributed by atoms with Crippen LogP contribution in [-0.2, 0) is 42.5 Å². The number of imidazole rings is 1. The molecule has 0 saturated carbocycles. The number of aromatic nitrogens is 6. The van der Waals surface area contributed by atoms with Crippen molar-refractivity contribution in [2.24, 2.45) is 0 Å². The molecule has 0 radical (unpaired) electrons. The highest BCUT2D eigenvalue weighted by Gasteiger charge is 2.55. The molecular weight excluding hydrogens is 844 g/mol. The number of anilines is 2. The van der Waals surface area contributed by atoms with Gasteiger partial charge in [0.2, 0.25) is 0 Å². The number of nitrogens with one attached hydrogen (secondary N) is 2. The van der Waals surface area contributed by atoms with Gasteiger partial charge in [0.1, 0.15) is 36.3 Å². The van der Waals surface area contributed by atoms with Crippen LogP contribution in [0, 0.1) is 6.92 Å². The summed E-state index contributed by atoms with van der Waals surface area (Å²) in [4.78, 5) is 62.1. The summed E-state index contributed by atoms with van der Waals surface area (Å²) in [6.45, 7) is -4.52. The number of aryl methyl sites for hydroxylation is 1. The van der Waals surface area contributed by atoms with Gasteiger partial charge in [-0.1, -0.05) is 29.8 Å². The fraction of sp³-hybridized carbons (Fsp3) is 0.353. The van der Waals surface area contributed by atoms with E-state index in [1.54, 1.807) is 36.4 Å². The van der Waals surface area contributed by atoms with Gasteiger partial charge in [-0.25, -0.2) is 37.7 Å². The van der Waals surface area contributed by atoms with Gasteiger partial charge in [0, 0.05) is 29.3 Å². The average Bonchev–Trinajstić information content (AvgIpc) is 3.86. The number of halogens is 2. The number of phosphoric ester groups is 1. The van der Waals surface area contributed by atoms with Gasteiger partial charge in [0.15, 0.2) is 36.3 Å². The Morgan fingerprint density at radius 2 is 1.66 bits per heavy atom. The quantitative estimate of drug-likeness (QED) is 0.169. The van der Waals surface area contributed by atoms with Crippen LogP contribution in [0.15, 0.2) is 83.0 Å². The van der Waals surface area contributed by atoms with E-state index in [0.29, 0.717) is 32.8 Å². The molecular formula is C34H34F2N8O12P2S. The monoisotopic (exact) mass is 878 g/mol. The summed E-state index contributed by atoms with van der Waals surface area (Å²) in [5.74, 6) is -0.449. The Hall–Kier alpha value is -4.67. The van der Waals surface area contributed by atoms with E-state index in [1.165, 1.54) is 10.9 Å². The third-order valence-electron chi connectivity index (χ3n) is 9.54. The molecule has 6 heterocycles. The molecule has 25 heteroatoms. The molecule has 0 aliphatic carbocycles. The first-order chi connectivity index (χ1) is 28.2. The van der Waals surface area contributed by atoms with Crippen LogP contribution in [0.5, 0.6) is 0 Å². The van der Waals surface area contributed by atoms with Crippen molar-refractivity contribution in [1.29, 1.82) is 0 Å². The van der Waals surface area contributed by atoms with Crippen LogP contribution in [0.4, 0.5) is 20.3 Å². The zero-order valence-electron chi connectivity index (χ0n) is 30.5. The predicted octanol–water partition coefficient (Wildman–Crippen LogP) is 3.95. The zero-order chi connectivity index (χ0) is 41.6. The van der Waals surface area contributed by atoms with Gasteiger partial charge in [-0.3, -0.25) is 41.8 Å². The van der Waals surface area contributed by atoms with Crippen molar-refractivity contribution in [1.82, 2.24) is 29.1 Å². The molecule has 312 valence electrons. The SMILES string of the molecule is Cc1ccc(C(=O)Nc2ccc(CSP3(=O)OC[C@H]4O[C@@H](n5cnc6c(N)ncnc65)[C@H](OP(=O)(O)OC[C@H]5O[C@@H](n6ccc(=O)[nH]c6=O)[C@H](F)[C@@H]5O3)[C@@H]4F)cc2)cc1. The van der Waals surface area contributed by atoms with E-state index in [0.717, 1.165) is 24.2 Å². The van der Waals surface area contributed by atoms with Crippen LogP contribution in [0.2, 0.25) is 0 Å². The second kappa shape index (κ2) is 16.4. The lowest BCUT2D eigenvalue weighted by molar-refractivity contribution is -0.0640. The van der Waals surface area contributed by atoms with Crippen molar-refractivity contribution in [3.05, 3.63) is 111 Å². The smallest absolute Gasteiger partial charge is 0.382 e. The fourth-order valence-electron chi connectivity index (χ4n) is 6.54. The highest BCUT2D eigenvalue weighted by Crippen LogP contribution is 2.64. The first kappa shape index (κ1) is 41.1. The van der Waals surface area contributed by atoms with E-state index < -0.39 is 88.3 Å². The van der Waals surface area contributed by atoms with Crippen molar-refractivity contribution in [2.75, 3.05) is 24.3 Å². The Kier molecular flexibility index (Phi) is 11.4. The summed E-state index contributed by atoms with van der Waals surface area (Å²) < 4.78 is 96.6. The molecule has 0 spiro atoms. The van der Waals surface area contributed by atoms with E-state index in [-0.39, 0.29) is 28.6 Å². The topological polar surface area (TPSA) is 263 Å². The summed E-state index contributed by atoms with van der Waals surface area (Å²) in [6, 6.07) is 14.4. The number of hydrogen-bond acceptors (Lipinski definition) is 16. The number of H-pyrrole nitrogens is 1. The van der Waals surface area contributed by atoms with Crippen molar-refractivity contribution < 1.29 is 55.2 Å². The number of hydrogen-bond donors (Lipinski definition) is 4. The number of fused-ring (bicyclic) bond motifs is 4. The lowest BCUT2D eigenvalue weighted by Gasteiger charge is -2.27. The molecule has 20 nitrogen and oxygen atoms in total. The minimum atomic E-state index is -5.27. The molecule has 2 bridgehead atoms. The zero-order valence-corrected chi connectivity index (χ0v) is 33.1. The third kappa shape index (κ3) is 8.67. The molecule has 3 aliphatic heterocycles. The second-order valence-electron chi connectivity index (χ2n) is 13.6. The number of amides is 1. The van der Waals surface area contributed by atoms with E-state index in [9.17, 15) is 28.4 Å². The van der Waals surface area contributed by atoms with Crippen molar-refractivity contribution in [2.45, 2.75) is 61.9 Å². The Labute approximate surface area is 335 Å². The molecule has 3 aliphatic rings. The summed E-state index contributed by atoms with van der Waals surface area (Å²) in [5.41, 5.74) is 6.70. The molecule has 8 rings (SSSR count). The molecule has 10 atom stereocenters. The molecule has 3 fully saturated rings. The number of nitrogen functional groups attached to an aromatic ring is 1. The maximum absolute atomic E-state index is 16.4. The minimum Gasteiger partial charge on any atom is -0.382 e. The van der Waals surface area contributed by atoms with Crippen molar-refractivity contribution in [3.63, 3.8) is 0 Å². The van der Waals surface area contributed by atoms with E-state index in [1.807, 2.05) is 24.0 Å². The van der Waals surface area contributed by atoms with Gasteiger partial charge in [-0.05, 0) is 48.1 Å². The van der Waals surface area contributed by atoms with Crippen LogP contribution in [0.25, 0.3) is 11.2 Å². The van der Waals surface area contributed by atoms with Crippen LogP contribution in [-0.4, -0.2) is 89.8 Å². The van der Waals surface area contributed by atoms with Crippen LogP contribution in [0.3, 0.4) is 0 Å². The number of ether oxygens (including phenoxy) is 2. The van der Waals surface area contributed by atoms with Crippen molar-refractivity contribution >= 4 is 54.6 Å². The average molecular weight is 879 g/mol. The number of carbonyl (C=O) groups excluding carboxylic acids is 1. The number of phosphoric acid groups is 1. The largest absolute Gasteiger partial charge is 0.472 e. The van der Waals surface area contributed by atoms with E-state index in [2.05, 4.69) is 20.3 Å². The maximum atomic E-state index is 16.4. The molecule has 5 aromatic rings. The Morgan fingerprint density at radius 3 is 2.41 bits per heavy atom. The fourth-order valence-corrected chi connectivity index (χ4v) is 10.8. The molecule has 3 aromatic heterocycles. The van der Waals surface area contributed by atoms with Gasteiger partial charge in [-0.15, -0.1) is 0 Å². The van der Waals surface area contributed by atoms with E-state index >= 15 is 8.78 Å². The number of aromatic amines is 1. The Morgan fingerprint density at radius 1 is 0.932 bits per heavy atom. The predicted molar refractivity (Wildman–Crippen MR) is 205 cm³/mol. The number of rotatable bonds is 7. The first-order valence-electron chi connectivity index (χ1n) is 17.7. The maximum Gasteiger partial charge on any atom is 0.472 e. The minimum absolute atomic E-state index is 0.0179. The number of alkyl halides is 2. The molecule has 1 amide bonds. The third-order valence-corrected chi connectivity index (χ3v) is 14.2. The summed E-state index contributed by atoms with van der Waals surface area (Å²) in [5, 5.41) is 2.79. The lowest BCUT2D eigenvalue weighted by Crippen LogP contribution is -2.36. The molecule has 59 heavy (non-hydrogen) atoms. The highest BCUT2D eigenvalue weighted by molar-refractivity contribution is 8.54. The normalized spacial score (nSPS) is 31.2. The Bertz CT molecular complexity index is 2580. The number of nitrogens with two attached hydrogens (primary N) is 1. The number of nitrogens with zero attached hydrogens (tertiary/aromatic N) is 5. The summed E-state index contributed by atoms with van der Waals surface area (Å²) in [7, 11) is -5.27. The summed E-state index contributed by atoms with van der Waals surface area (Å²) >= 11 is 0.594. The molecule has 5 N–H and O–H groups in total. The highest BCUT2D eigenvalue weighted by atomic mass is 32.7. The van der Waals surface area contributed by atoms with Gasteiger partial charge in [-0.2, -0.15) is 0 Å². The van der Waals surface area contributed by atoms with Crippen LogP contribution >= 0.6 is 26.0 Å². The second-order valence-corrected chi connectivity index (χ2v) is 19.0. The van der Waals surface area contributed by atoms with Gasteiger partial charge in [0.25, 0.3) is 11.5 Å². The van der Waals surface area contributed by atoms with Gasteiger partial charge >= 0.3 is 20.3 Å². The van der Waals surface area contributed by atoms with Gasteiger partial charge in [0.05, 0.1) is 19.5 Å². The molecule has 2 unspecified atom stereocenters. The Balaban J connectivity index is 1.08. The van der Waals surface area contributed by atoms with Crippen LogP contribution in [0.1, 0.15) is 33.9 Å². The van der Waals surface area contributed by atoms with Crippen LogP contribution < -0.4 is 22.3 Å². The first-order valence-corrected chi connectivity index (χ1v) is 22.3. The van der Waals surface area contributed by atoms with Crippen molar-refractivity contribution in [3.8, 4) is 0 Å². The summed E-state index contributed by atoms with van der Waals surface area (Å²) in [6.07, 6.45) is -11.7. The lowest BCUT2D eigenvalue weighted by atomic mass is 10.1. The van der Waals surface area contributed by atoms with E-state index in [4.69, 9.17) is 33.3 Å². The number of carbonyl (C=O) groups is 1. The standard InChI is InChI=1S/C34H34F2N8O12P2S/c1-17-2-6-19(7-3-17)31(46)41-20-8-4-18(5-9-20)14-59-58(50)52-12-21-24(35)28(33(53-21)44-16-40-26-29(37)38-15-39-30(26)44)55-57(48,49)51-13-22-27(56-58)25(36)32(54-22)43-11-10-23(45)42-34(43)47/h2-11,15-16,21-22,24-25,27-28,32-33H,12-14H2,1H3,(H,41,46)(H,48,49)(H2,37,38,39)(H,42,45,47)/t21-,22-,24-,25-,27-,28-,32-,33-,58?/m1/s1. The number of benzene rings is 2. The molecule has 3 saturated heterocycles.